The molecular weight excluding hydrogens is 254 g/mol. The highest BCUT2D eigenvalue weighted by atomic mass is 16.5. The minimum atomic E-state index is -0.760. The van der Waals surface area contributed by atoms with Crippen molar-refractivity contribution < 1.29 is 14.6 Å². The van der Waals surface area contributed by atoms with Gasteiger partial charge in [0.1, 0.15) is 5.75 Å². The summed E-state index contributed by atoms with van der Waals surface area (Å²) in [6.45, 7) is 2.50. The van der Waals surface area contributed by atoms with E-state index in [4.69, 9.17) is 4.74 Å². The number of carbonyl (C=O) groups excluding carboxylic acids is 1. The van der Waals surface area contributed by atoms with E-state index < -0.39 is 5.60 Å². The maximum atomic E-state index is 12.2. The Morgan fingerprint density at radius 3 is 2.70 bits per heavy atom. The molecule has 1 amide bonds. The molecule has 0 atom stereocenters. The lowest BCUT2D eigenvalue weighted by molar-refractivity contribution is -0.00542. The molecule has 1 fully saturated rings. The maximum absolute atomic E-state index is 12.2. The van der Waals surface area contributed by atoms with Gasteiger partial charge in [-0.05, 0) is 43.7 Å². The SMILES string of the molecule is COc1ccccc1C(=O)NCC1(O)CCC(C)CC1. The van der Waals surface area contributed by atoms with Crippen LogP contribution in [0.2, 0.25) is 0 Å². The summed E-state index contributed by atoms with van der Waals surface area (Å²) in [5.74, 6) is 1.02. The fourth-order valence-electron chi connectivity index (χ4n) is 2.65. The molecule has 0 spiro atoms. The molecule has 0 radical (unpaired) electrons. The summed E-state index contributed by atoms with van der Waals surface area (Å²) in [6, 6.07) is 7.10. The van der Waals surface area contributed by atoms with Gasteiger partial charge in [0.2, 0.25) is 0 Å². The minimum absolute atomic E-state index is 0.200. The van der Waals surface area contributed by atoms with E-state index >= 15 is 0 Å². The van der Waals surface area contributed by atoms with Crippen LogP contribution in [0.3, 0.4) is 0 Å². The van der Waals surface area contributed by atoms with Gasteiger partial charge in [0.25, 0.3) is 5.91 Å². The number of ether oxygens (including phenoxy) is 1. The third-order valence-corrected chi connectivity index (χ3v) is 4.13. The van der Waals surface area contributed by atoms with Gasteiger partial charge >= 0.3 is 0 Å². The second-order valence-electron chi connectivity index (χ2n) is 5.79. The van der Waals surface area contributed by atoms with Crippen LogP contribution < -0.4 is 10.1 Å². The van der Waals surface area contributed by atoms with Crippen molar-refractivity contribution in [2.45, 2.75) is 38.2 Å². The van der Waals surface area contributed by atoms with E-state index in [1.165, 1.54) is 0 Å². The van der Waals surface area contributed by atoms with Crippen LogP contribution in [0.15, 0.2) is 24.3 Å². The first-order chi connectivity index (χ1) is 9.54. The molecule has 4 heteroatoms. The van der Waals surface area contributed by atoms with Crippen molar-refractivity contribution in [3.63, 3.8) is 0 Å². The Bertz CT molecular complexity index is 465. The average molecular weight is 277 g/mol. The highest BCUT2D eigenvalue weighted by Gasteiger charge is 2.32. The van der Waals surface area contributed by atoms with Crippen molar-refractivity contribution in [1.29, 1.82) is 0 Å². The topological polar surface area (TPSA) is 58.6 Å². The highest BCUT2D eigenvalue weighted by molar-refractivity contribution is 5.96. The molecule has 0 aliphatic heterocycles. The molecule has 0 aromatic heterocycles. The number of amides is 1. The quantitative estimate of drug-likeness (QED) is 0.888. The molecule has 20 heavy (non-hydrogen) atoms. The lowest BCUT2D eigenvalue weighted by Crippen LogP contribution is -2.45. The Balaban J connectivity index is 1.95. The van der Waals surface area contributed by atoms with Crippen molar-refractivity contribution in [2.24, 2.45) is 5.92 Å². The first-order valence-electron chi connectivity index (χ1n) is 7.18. The van der Waals surface area contributed by atoms with Gasteiger partial charge in [-0.2, -0.15) is 0 Å². The Kier molecular flexibility index (Phi) is 4.65. The van der Waals surface area contributed by atoms with E-state index in [0.29, 0.717) is 23.8 Å². The van der Waals surface area contributed by atoms with Crippen molar-refractivity contribution in [3.8, 4) is 5.75 Å². The van der Waals surface area contributed by atoms with Crippen molar-refractivity contribution in [1.82, 2.24) is 5.32 Å². The van der Waals surface area contributed by atoms with Crippen LogP contribution in [-0.2, 0) is 0 Å². The monoisotopic (exact) mass is 277 g/mol. The summed E-state index contributed by atoms with van der Waals surface area (Å²) >= 11 is 0. The molecule has 1 aliphatic rings. The van der Waals surface area contributed by atoms with Crippen molar-refractivity contribution in [3.05, 3.63) is 29.8 Å². The van der Waals surface area contributed by atoms with Crippen LogP contribution in [0.1, 0.15) is 43.0 Å². The second kappa shape index (κ2) is 6.27. The van der Waals surface area contributed by atoms with Crippen molar-refractivity contribution in [2.75, 3.05) is 13.7 Å². The number of aliphatic hydroxyl groups is 1. The highest BCUT2D eigenvalue weighted by Crippen LogP contribution is 2.31. The lowest BCUT2D eigenvalue weighted by atomic mass is 9.79. The molecule has 0 saturated heterocycles. The largest absolute Gasteiger partial charge is 0.496 e. The molecule has 110 valence electrons. The zero-order chi connectivity index (χ0) is 14.6. The zero-order valence-electron chi connectivity index (χ0n) is 12.2. The van der Waals surface area contributed by atoms with Gasteiger partial charge in [-0.3, -0.25) is 4.79 Å². The van der Waals surface area contributed by atoms with Gasteiger partial charge in [0, 0.05) is 6.54 Å². The van der Waals surface area contributed by atoms with Crippen LogP contribution in [-0.4, -0.2) is 30.3 Å². The predicted octanol–water partition coefficient (Wildman–Crippen LogP) is 2.37. The molecule has 0 bridgehead atoms. The van der Waals surface area contributed by atoms with Crippen LogP contribution in [0.4, 0.5) is 0 Å². The summed E-state index contributed by atoms with van der Waals surface area (Å²) in [4.78, 5) is 12.2. The van der Waals surface area contributed by atoms with E-state index in [1.807, 2.05) is 6.07 Å². The summed E-state index contributed by atoms with van der Waals surface area (Å²) in [7, 11) is 1.54. The molecule has 2 rings (SSSR count). The summed E-state index contributed by atoms with van der Waals surface area (Å²) in [6.07, 6.45) is 3.53. The number of rotatable bonds is 4. The van der Waals surface area contributed by atoms with E-state index in [2.05, 4.69) is 12.2 Å². The number of benzene rings is 1. The van der Waals surface area contributed by atoms with Crippen LogP contribution in [0, 0.1) is 5.92 Å². The summed E-state index contributed by atoms with van der Waals surface area (Å²) < 4.78 is 5.17. The van der Waals surface area contributed by atoms with Gasteiger partial charge < -0.3 is 15.2 Å². The fourth-order valence-corrected chi connectivity index (χ4v) is 2.65. The van der Waals surface area contributed by atoms with Crippen LogP contribution in [0.25, 0.3) is 0 Å². The standard InChI is InChI=1S/C16H23NO3/c1-12-7-9-16(19,10-8-12)11-17-15(18)13-5-3-4-6-14(13)20-2/h3-6,12,19H,7-11H2,1-2H3,(H,17,18). The van der Waals surface area contributed by atoms with Gasteiger partial charge in [-0.15, -0.1) is 0 Å². The van der Waals surface area contributed by atoms with Gasteiger partial charge in [-0.25, -0.2) is 0 Å². The Labute approximate surface area is 120 Å². The molecule has 0 heterocycles. The lowest BCUT2D eigenvalue weighted by Gasteiger charge is -2.35. The summed E-state index contributed by atoms with van der Waals surface area (Å²) in [5.41, 5.74) is -0.257. The third-order valence-electron chi connectivity index (χ3n) is 4.13. The summed E-state index contributed by atoms with van der Waals surface area (Å²) in [5, 5.41) is 13.3. The number of hydrogen-bond donors (Lipinski definition) is 2. The predicted molar refractivity (Wildman–Crippen MR) is 77.9 cm³/mol. The number of para-hydroxylation sites is 1. The first-order valence-corrected chi connectivity index (χ1v) is 7.18. The fraction of sp³-hybridized carbons (Fsp3) is 0.562. The molecule has 2 N–H and O–H groups in total. The van der Waals surface area contributed by atoms with E-state index in [9.17, 15) is 9.90 Å². The first kappa shape index (κ1) is 14.9. The van der Waals surface area contributed by atoms with Gasteiger partial charge in [0.15, 0.2) is 0 Å². The molecule has 4 nitrogen and oxygen atoms in total. The van der Waals surface area contributed by atoms with Gasteiger partial charge in [-0.1, -0.05) is 19.1 Å². The molecular formula is C16H23NO3. The minimum Gasteiger partial charge on any atom is -0.496 e. The molecule has 1 aliphatic carbocycles. The maximum Gasteiger partial charge on any atom is 0.255 e. The van der Waals surface area contributed by atoms with E-state index in [0.717, 1.165) is 25.7 Å². The molecule has 1 aromatic rings. The van der Waals surface area contributed by atoms with Crippen LogP contribution in [0.5, 0.6) is 5.75 Å². The number of hydrogen-bond acceptors (Lipinski definition) is 3. The average Bonchev–Trinajstić information content (AvgIpc) is 2.48. The smallest absolute Gasteiger partial charge is 0.255 e. The Morgan fingerprint density at radius 2 is 2.05 bits per heavy atom. The molecule has 1 aromatic carbocycles. The number of carbonyl (C=O) groups is 1. The number of methoxy groups -OCH3 is 1. The second-order valence-corrected chi connectivity index (χ2v) is 5.79. The Morgan fingerprint density at radius 1 is 1.40 bits per heavy atom. The molecule has 1 saturated carbocycles. The number of nitrogens with one attached hydrogen (secondary N) is 1. The van der Waals surface area contributed by atoms with E-state index in [1.54, 1.807) is 25.3 Å². The third kappa shape index (κ3) is 3.51. The Hall–Kier alpha value is -1.55. The molecule has 0 unspecified atom stereocenters. The van der Waals surface area contributed by atoms with E-state index in [-0.39, 0.29) is 5.91 Å². The normalized spacial score (nSPS) is 26.1. The van der Waals surface area contributed by atoms with Crippen LogP contribution >= 0.6 is 0 Å². The zero-order valence-corrected chi connectivity index (χ0v) is 12.2. The van der Waals surface area contributed by atoms with Gasteiger partial charge in [0.05, 0.1) is 18.3 Å². The van der Waals surface area contributed by atoms with Crippen molar-refractivity contribution >= 4 is 5.91 Å².